The number of ketones is 2. The minimum absolute atomic E-state index is 0.0206. The maximum Gasteiger partial charge on any atom is 0.509 e. The zero-order valence-electron chi connectivity index (χ0n) is 32.1. The Labute approximate surface area is 321 Å². The lowest BCUT2D eigenvalue weighted by atomic mass is 9.50. The number of carbonyl (C=O) groups excluding carboxylic acids is 5. The van der Waals surface area contributed by atoms with E-state index in [2.05, 4.69) is 52.0 Å². The highest BCUT2D eigenvalue weighted by Crippen LogP contribution is 2.69. The summed E-state index contributed by atoms with van der Waals surface area (Å²) in [4.78, 5) is 59.6. The molecule has 11 atom stereocenters. The Kier molecular flexibility index (Phi) is 8.09. The highest BCUT2D eigenvalue weighted by atomic mass is 32.2. The van der Waals surface area contributed by atoms with Crippen LogP contribution in [0.25, 0.3) is 0 Å². The summed E-state index contributed by atoms with van der Waals surface area (Å²) in [5.74, 6) is 1.87. The third-order valence-electron chi connectivity index (χ3n) is 16.6. The van der Waals surface area contributed by atoms with Gasteiger partial charge >= 0.3 is 12.3 Å². The number of hydrogen-bond donors (Lipinski definition) is 0. The highest BCUT2D eigenvalue weighted by Gasteiger charge is 2.69. The third kappa shape index (κ3) is 4.92. The Morgan fingerprint density at radius 3 is 1.93 bits per heavy atom. The van der Waals surface area contributed by atoms with Gasteiger partial charge in [0.05, 0.1) is 0 Å². The minimum Gasteiger partial charge on any atom is -0.430 e. The van der Waals surface area contributed by atoms with E-state index in [1.807, 2.05) is 12.2 Å². The van der Waals surface area contributed by atoms with Crippen molar-refractivity contribution in [2.24, 2.45) is 45.3 Å². The molecular weight excluding hydrogens is 705 g/mol. The lowest BCUT2D eigenvalue weighted by Gasteiger charge is -2.56. The van der Waals surface area contributed by atoms with Gasteiger partial charge in [-0.15, -0.1) is 0 Å². The molecule has 10 aliphatic rings. The zero-order chi connectivity index (χ0) is 38.1. The molecule has 2 spiro atoms. The molecule has 10 rings (SSSR count). The summed E-state index contributed by atoms with van der Waals surface area (Å²) in [7, 11) is 0. The summed E-state index contributed by atoms with van der Waals surface area (Å²) in [6.07, 6.45) is 21.0. The third-order valence-corrected chi connectivity index (χ3v) is 17.6. The molecule has 288 valence electrons. The molecule has 2 aliphatic heterocycles. The summed E-state index contributed by atoms with van der Waals surface area (Å²) in [6, 6.07) is 0. The van der Waals surface area contributed by atoms with Crippen molar-refractivity contribution in [1.29, 1.82) is 0 Å². The Morgan fingerprint density at radius 2 is 1.31 bits per heavy atom. The molecule has 0 aromatic heterocycles. The minimum atomic E-state index is -0.554. The zero-order valence-corrected chi connectivity index (χ0v) is 32.9. The first-order valence-corrected chi connectivity index (χ1v) is 20.9. The van der Waals surface area contributed by atoms with Gasteiger partial charge in [0.25, 0.3) is 0 Å². The standard InChI is InChI=1S/C23H28O5S.C21H24O4/c1-13(24)29-18-11-14-10-15(25)4-7-21(14,2)16-5-8-22(3)17(19(16)18)6-9-23(22)12-27-20(26)28-23;1-19-8-5-14(22)11-13(19)3-4-15-16(19)6-9-20(2)17(15)7-10-21(20)12-24-18(23)25-21/h5,10,17-19H,4,6-9,11-12H2,1-3H3;3-4,6,11,15,17H,5,7-10,12H2,1-2H3/t17?,18-,19?,21+,22+,23-;15?,17?,19-,20-,21+/m10/s1. The van der Waals surface area contributed by atoms with Gasteiger partial charge in [0.15, 0.2) is 27.9 Å². The molecule has 3 saturated carbocycles. The van der Waals surface area contributed by atoms with Crippen LogP contribution >= 0.6 is 11.8 Å². The van der Waals surface area contributed by atoms with Crippen molar-refractivity contribution >= 4 is 40.8 Å². The number of ether oxygens (including phenoxy) is 4. The fraction of sp³-hybridized carbons (Fsp3) is 0.659. The largest absolute Gasteiger partial charge is 0.509 e. The maximum absolute atomic E-state index is 12.2. The molecule has 0 radical (unpaired) electrons. The van der Waals surface area contributed by atoms with Crippen LogP contribution in [0.1, 0.15) is 105 Å². The van der Waals surface area contributed by atoms with Gasteiger partial charge < -0.3 is 18.9 Å². The molecule has 0 aromatic rings. The van der Waals surface area contributed by atoms with E-state index in [9.17, 15) is 24.0 Å². The van der Waals surface area contributed by atoms with Crippen LogP contribution in [0.15, 0.2) is 58.7 Å². The van der Waals surface area contributed by atoms with Gasteiger partial charge in [-0.1, -0.05) is 80.5 Å². The molecule has 5 fully saturated rings. The number of thioether (sulfide) groups is 1. The fourth-order valence-electron chi connectivity index (χ4n) is 13.2. The van der Waals surface area contributed by atoms with Gasteiger partial charge in [0.2, 0.25) is 0 Å². The Morgan fingerprint density at radius 1 is 0.741 bits per heavy atom. The number of carbonyl (C=O) groups is 5. The smallest absolute Gasteiger partial charge is 0.430 e. The van der Waals surface area contributed by atoms with Gasteiger partial charge in [-0.3, -0.25) is 14.4 Å². The van der Waals surface area contributed by atoms with E-state index in [0.29, 0.717) is 43.8 Å². The van der Waals surface area contributed by atoms with Crippen LogP contribution in [0.4, 0.5) is 9.59 Å². The molecule has 0 amide bonds. The normalized spacial score (nSPS) is 46.4. The fourth-order valence-corrected chi connectivity index (χ4v) is 14.4. The second-order valence-electron chi connectivity index (χ2n) is 18.8. The number of cyclic esters (lactones) is 2. The van der Waals surface area contributed by atoms with Gasteiger partial charge in [-0.2, -0.15) is 0 Å². The van der Waals surface area contributed by atoms with E-state index >= 15 is 0 Å². The lowest BCUT2D eigenvalue weighted by molar-refractivity contribution is -0.116. The molecular formula is C44H52O9S. The second-order valence-corrected chi connectivity index (χ2v) is 20.2. The van der Waals surface area contributed by atoms with Gasteiger partial charge in [0, 0.05) is 52.6 Å². The van der Waals surface area contributed by atoms with Crippen LogP contribution in [0.5, 0.6) is 0 Å². The first kappa shape index (κ1) is 36.3. The summed E-state index contributed by atoms with van der Waals surface area (Å²) < 4.78 is 22.0. The predicted molar refractivity (Wildman–Crippen MR) is 201 cm³/mol. The van der Waals surface area contributed by atoms with Gasteiger partial charge in [-0.25, -0.2) is 9.59 Å². The van der Waals surface area contributed by atoms with Crippen molar-refractivity contribution in [3.05, 3.63) is 58.7 Å². The van der Waals surface area contributed by atoms with Crippen molar-refractivity contribution in [2.45, 2.75) is 122 Å². The first-order chi connectivity index (χ1) is 25.6. The predicted octanol–water partition coefficient (Wildman–Crippen LogP) is 8.72. The average Bonchev–Trinajstić information content (AvgIpc) is 3.86. The van der Waals surface area contributed by atoms with Crippen LogP contribution in [-0.2, 0) is 33.3 Å². The quantitative estimate of drug-likeness (QED) is 0.190. The number of rotatable bonds is 1. The molecule has 2 saturated heterocycles. The highest BCUT2D eigenvalue weighted by molar-refractivity contribution is 8.14. The molecule has 9 nitrogen and oxygen atoms in total. The molecule has 0 aromatic carbocycles. The van der Waals surface area contributed by atoms with Gasteiger partial charge in [0.1, 0.15) is 13.2 Å². The second kappa shape index (κ2) is 12.1. The van der Waals surface area contributed by atoms with Crippen molar-refractivity contribution in [2.75, 3.05) is 13.2 Å². The van der Waals surface area contributed by atoms with Crippen molar-refractivity contribution < 1.29 is 42.9 Å². The summed E-state index contributed by atoms with van der Waals surface area (Å²) >= 11 is 1.43. The molecule has 54 heavy (non-hydrogen) atoms. The molecule has 4 unspecified atom stereocenters. The lowest BCUT2D eigenvalue weighted by Crippen LogP contribution is -2.54. The Bertz CT molecular complexity index is 1920. The Hall–Kier alpha value is -3.40. The molecule has 2 heterocycles. The van der Waals surface area contributed by atoms with E-state index in [1.165, 1.54) is 28.5 Å². The van der Waals surface area contributed by atoms with E-state index in [4.69, 9.17) is 18.9 Å². The molecule has 8 aliphatic carbocycles. The summed E-state index contributed by atoms with van der Waals surface area (Å²) in [6.45, 7) is 11.4. The first-order valence-electron chi connectivity index (χ1n) is 20.0. The molecule has 0 N–H and O–H groups in total. The molecule has 10 heteroatoms. The van der Waals surface area contributed by atoms with Crippen molar-refractivity contribution in [1.82, 2.24) is 0 Å². The number of hydrogen-bond acceptors (Lipinski definition) is 10. The number of fused-ring (bicyclic) bond motifs is 12. The molecule has 0 bridgehead atoms. The SMILES string of the molecule is CC(=O)S[C@@H]1CC2=CC(=O)CC[C@]2(C)C2=CC[C@@]3(C)C(CC[C@@]34COC(=O)O4)C21.C[C@]12CCC(=O)C=C1C=CC1C2=CC[C@@]2(C)C1CC[C@@]21COC(=O)O1. The monoisotopic (exact) mass is 756 g/mol. The van der Waals surface area contributed by atoms with Crippen LogP contribution < -0.4 is 0 Å². The van der Waals surface area contributed by atoms with E-state index < -0.39 is 23.5 Å². The van der Waals surface area contributed by atoms with Crippen LogP contribution in [0.2, 0.25) is 0 Å². The van der Waals surface area contributed by atoms with Crippen LogP contribution in [-0.4, -0.2) is 58.7 Å². The summed E-state index contributed by atoms with van der Waals surface area (Å²) in [5.41, 5.74) is 3.83. The van der Waals surface area contributed by atoms with Crippen molar-refractivity contribution in [3.8, 4) is 0 Å². The van der Waals surface area contributed by atoms with E-state index in [0.717, 1.165) is 63.4 Å². The van der Waals surface area contributed by atoms with Crippen LogP contribution in [0.3, 0.4) is 0 Å². The maximum atomic E-state index is 12.2. The number of allylic oxidation sites excluding steroid dienone is 10. The van der Waals surface area contributed by atoms with Crippen molar-refractivity contribution in [3.63, 3.8) is 0 Å². The van der Waals surface area contributed by atoms with Gasteiger partial charge in [-0.05, 0) is 93.3 Å². The van der Waals surface area contributed by atoms with E-state index in [-0.39, 0.29) is 49.5 Å². The topological polar surface area (TPSA) is 122 Å². The Balaban J connectivity index is 0.000000144. The van der Waals surface area contributed by atoms with E-state index in [1.54, 1.807) is 6.92 Å². The summed E-state index contributed by atoms with van der Waals surface area (Å²) in [5, 5.41) is 0.248. The van der Waals surface area contributed by atoms with Crippen LogP contribution in [0, 0.1) is 45.3 Å². The average molecular weight is 757 g/mol.